The molecule has 0 saturated heterocycles. The SMILES string of the molecule is CN=P(C)(OCCOCCOC(=O)/C=C/c1ccccc1)OCCOCCOC(=O)/C=C/c1ccccc1. The minimum atomic E-state index is -2.39. The zero-order valence-corrected chi connectivity index (χ0v) is 22.8. The molecule has 0 aliphatic carbocycles. The lowest BCUT2D eigenvalue weighted by atomic mass is 10.2. The summed E-state index contributed by atoms with van der Waals surface area (Å²) < 4.78 is 36.8. The van der Waals surface area contributed by atoms with E-state index >= 15 is 0 Å². The van der Waals surface area contributed by atoms with Crippen LogP contribution in [0.1, 0.15) is 11.1 Å². The average molecular weight is 546 g/mol. The highest BCUT2D eigenvalue weighted by atomic mass is 31.2. The number of hydrogen-bond donors (Lipinski definition) is 0. The summed E-state index contributed by atoms with van der Waals surface area (Å²) in [5.41, 5.74) is 1.85. The number of benzene rings is 2. The Morgan fingerprint density at radius 2 is 1.05 bits per heavy atom. The van der Waals surface area contributed by atoms with Gasteiger partial charge in [0, 0.05) is 25.9 Å². The number of hydrogen-bond acceptors (Lipinski definition) is 9. The van der Waals surface area contributed by atoms with E-state index in [0.717, 1.165) is 11.1 Å². The first-order valence-corrected chi connectivity index (χ1v) is 14.3. The Labute approximate surface area is 224 Å². The van der Waals surface area contributed by atoms with Crippen LogP contribution < -0.4 is 0 Å². The maximum absolute atomic E-state index is 11.7. The van der Waals surface area contributed by atoms with E-state index in [1.165, 1.54) is 12.2 Å². The molecule has 0 bridgehead atoms. The molecule has 0 spiro atoms. The van der Waals surface area contributed by atoms with Crippen LogP contribution in [0.15, 0.2) is 77.6 Å². The number of carbonyl (C=O) groups excluding carboxylic acids is 2. The quantitative estimate of drug-likeness (QED) is 0.113. The van der Waals surface area contributed by atoms with E-state index in [2.05, 4.69) is 4.74 Å². The van der Waals surface area contributed by atoms with E-state index in [0.29, 0.717) is 13.2 Å². The van der Waals surface area contributed by atoms with Crippen molar-refractivity contribution in [3.8, 4) is 0 Å². The van der Waals surface area contributed by atoms with Crippen LogP contribution >= 0.6 is 7.51 Å². The summed E-state index contributed by atoms with van der Waals surface area (Å²) in [6, 6.07) is 19.0. The molecule has 38 heavy (non-hydrogen) atoms. The third-order valence-corrected chi connectivity index (χ3v) is 6.90. The second kappa shape index (κ2) is 19.1. The second-order valence-corrected chi connectivity index (χ2v) is 10.2. The lowest BCUT2D eigenvalue weighted by molar-refractivity contribution is -0.140. The number of rotatable bonds is 18. The van der Waals surface area contributed by atoms with Crippen molar-refractivity contribution in [3.63, 3.8) is 0 Å². The van der Waals surface area contributed by atoms with Crippen LogP contribution in [0.3, 0.4) is 0 Å². The minimum Gasteiger partial charge on any atom is -0.460 e. The van der Waals surface area contributed by atoms with Gasteiger partial charge in [0.15, 0.2) is 0 Å². The summed E-state index contributed by atoms with van der Waals surface area (Å²) in [5, 5.41) is 0. The topological polar surface area (TPSA) is 102 Å². The Kier molecular flexibility index (Phi) is 15.6. The minimum absolute atomic E-state index is 0.148. The first-order chi connectivity index (χ1) is 18.5. The molecular weight excluding hydrogens is 509 g/mol. The van der Waals surface area contributed by atoms with Gasteiger partial charge in [0.1, 0.15) is 13.2 Å². The molecule has 0 heterocycles. The molecule has 0 saturated carbocycles. The third kappa shape index (κ3) is 14.6. The summed E-state index contributed by atoms with van der Waals surface area (Å²) in [4.78, 5) is 23.4. The molecule has 2 rings (SSSR count). The van der Waals surface area contributed by atoms with Crippen molar-refractivity contribution in [3.05, 3.63) is 83.9 Å². The highest BCUT2D eigenvalue weighted by Gasteiger charge is 2.13. The van der Waals surface area contributed by atoms with E-state index in [4.69, 9.17) is 28.0 Å². The first-order valence-electron chi connectivity index (χ1n) is 12.2. The van der Waals surface area contributed by atoms with Crippen LogP contribution in [0.4, 0.5) is 0 Å². The van der Waals surface area contributed by atoms with E-state index < -0.39 is 19.4 Å². The summed E-state index contributed by atoms with van der Waals surface area (Å²) >= 11 is 0. The van der Waals surface area contributed by atoms with Gasteiger partial charge in [-0.05, 0) is 23.3 Å². The molecule has 0 amide bonds. The Morgan fingerprint density at radius 3 is 1.45 bits per heavy atom. The molecule has 0 atom stereocenters. The van der Waals surface area contributed by atoms with Gasteiger partial charge >= 0.3 is 11.9 Å². The van der Waals surface area contributed by atoms with Crippen LogP contribution in [0, 0.1) is 0 Å². The number of ether oxygens (including phenoxy) is 4. The molecule has 0 N–H and O–H groups in total. The van der Waals surface area contributed by atoms with E-state index in [-0.39, 0.29) is 39.6 Å². The van der Waals surface area contributed by atoms with Gasteiger partial charge in [0.2, 0.25) is 7.51 Å². The van der Waals surface area contributed by atoms with Gasteiger partial charge in [-0.25, -0.2) is 9.59 Å². The van der Waals surface area contributed by atoms with Crippen molar-refractivity contribution >= 4 is 31.6 Å². The van der Waals surface area contributed by atoms with E-state index in [9.17, 15) is 9.59 Å². The molecule has 0 fully saturated rings. The Bertz CT molecular complexity index is 978. The maximum atomic E-state index is 11.7. The van der Waals surface area contributed by atoms with Gasteiger partial charge in [-0.15, -0.1) is 0 Å². The molecule has 0 aliphatic rings. The van der Waals surface area contributed by atoms with Gasteiger partial charge in [-0.1, -0.05) is 60.7 Å². The molecule has 2 aromatic carbocycles. The Hall–Kier alpha value is -3.07. The monoisotopic (exact) mass is 545 g/mol. The number of carbonyl (C=O) groups is 2. The predicted molar refractivity (Wildman–Crippen MR) is 148 cm³/mol. The van der Waals surface area contributed by atoms with Gasteiger partial charge in [0.25, 0.3) is 0 Å². The summed E-state index contributed by atoms with van der Waals surface area (Å²) in [6.45, 7) is 3.81. The lowest BCUT2D eigenvalue weighted by Crippen LogP contribution is -2.13. The number of nitrogens with zero attached hydrogens (tertiary/aromatic N) is 1. The predicted octanol–water partition coefficient (Wildman–Crippen LogP) is 4.86. The van der Waals surface area contributed by atoms with E-state index in [1.807, 2.05) is 60.7 Å². The van der Waals surface area contributed by atoms with Gasteiger partial charge < -0.3 is 28.0 Å². The molecule has 9 nitrogen and oxygen atoms in total. The van der Waals surface area contributed by atoms with Gasteiger partial charge in [-0.3, -0.25) is 4.74 Å². The highest BCUT2D eigenvalue weighted by Crippen LogP contribution is 2.47. The molecule has 206 valence electrons. The van der Waals surface area contributed by atoms with Crippen LogP contribution in [-0.2, 0) is 37.6 Å². The fourth-order valence-electron chi connectivity index (χ4n) is 2.84. The smallest absolute Gasteiger partial charge is 0.330 e. The van der Waals surface area contributed by atoms with Crippen molar-refractivity contribution in [2.45, 2.75) is 0 Å². The van der Waals surface area contributed by atoms with Crippen LogP contribution in [0.5, 0.6) is 0 Å². The molecule has 10 heteroatoms. The van der Waals surface area contributed by atoms with Crippen LogP contribution in [0.25, 0.3) is 12.2 Å². The lowest BCUT2D eigenvalue weighted by Gasteiger charge is -2.19. The molecule has 0 unspecified atom stereocenters. The maximum Gasteiger partial charge on any atom is 0.330 e. The number of esters is 2. The third-order valence-electron chi connectivity index (χ3n) is 4.85. The van der Waals surface area contributed by atoms with Crippen molar-refractivity contribution < 1.29 is 37.6 Å². The largest absolute Gasteiger partial charge is 0.460 e. The molecule has 0 aliphatic heterocycles. The van der Waals surface area contributed by atoms with Crippen molar-refractivity contribution in [2.75, 3.05) is 66.6 Å². The second-order valence-electron chi connectivity index (χ2n) is 7.72. The zero-order valence-electron chi connectivity index (χ0n) is 21.9. The average Bonchev–Trinajstić information content (AvgIpc) is 2.95. The molecule has 0 radical (unpaired) electrons. The summed E-state index contributed by atoms with van der Waals surface area (Å²) in [6.07, 6.45) is 6.16. The van der Waals surface area contributed by atoms with Gasteiger partial charge in [-0.2, -0.15) is 0 Å². The standard InChI is InChI=1S/C28H36NO8P/c1-29-38(2,36-23-19-32-17-21-34-27(30)15-13-25-9-5-3-6-10-25)37-24-20-33-18-22-35-28(31)16-14-26-11-7-4-8-12-26/h3-16H,17-24H2,1-2H3/b15-13+,16-14+. The Balaban J connectivity index is 1.46. The van der Waals surface area contributed by atoms with Crippen molar-refractivity contribution in [2.24, 2.45) is 4.74 Å². The van der Waals surface area contributed by atoms with Gasteiger partial charge in [0.05, 0.1) is 39.6 Å². The highest BCUT2D eigenvalue weighted by molar-refractivity contribution is 7.55. The summed E-state index contributed by atoms with van der Waals surface area (Å²) in [7, 11) is -0.754. The zero-order chi connectivity index (χ0) is 27.3. The Morgan fingerprint density at radius 1 is 0.658 bits per heavy atom. The van der Waals surface area contributed by atoms with Crippen molar-refractivity contribution in [1.82, 2.24) is 0 Å². The van der Waals surface area contributed by atoms with Crippen LogP contribution in [-0.4, -0.2) is 78.5 Å². The van der Waals surface area contributed by atoms with Crippen LogP contribution in [0.2, 0.25) is 0 Å². The van der Waals surface area contributed by atoms with Crippen molar-refractivity contribution in [1.29, 1.82) is 0 Å². The fourth-order valence-corrected chi connectivity index (χ4v) is 3.98. The first kappa shape index (κ1) is 31.1. The fraction of sp³-hybridized carbons (Fsp3) is 0.357. The normalized spacial score (nSPS) is 11.6. The summed E-state index contributed by atoms with van der Waals surface area (Å²) in [5.74, 6) is -0.851. The molecule has 2 aromatic rings. The molecule has 0 aromatic heterocycles. The molecular formula is C28H36NO8P. The van der Waals surface area contributed by atoms with E-state index in [1.54, 1.807) is 25.9 Å².